The monoisotopic (exact) mass is 581 g/mol. The number of ether oxygens (including phenoxy) is 2. The lowest BCUT2D eigenvalue weighted by atomic mass is 10.0. The molecule has 0 saturated carbocycles. The summed E-state index contributed by atoms with van der Waals surface area (Å²) < 4.78 is 10.6. The van der Waals surface area contributed by atoms with Crippen LogP contribution in [0.15, 0.2) is 12.2 Å². The smallest absolute Gasteiger partial charge is 0.306 e. The molecule has 41 heavy (non-hydrogen) atoms. The van der Waals surface area contributed by atoms with Crippen molar-refractivity contribution in [2.75, 3.05) is 13.2 Å². The maximum Gasteiger partial charge on any atom is 0.306 e. The summed E-state index contributed by atoms with van der Waals surface area (Å²) in [6, 6.07) is 0. The molecule has 1 N–H and O–H groups in total. The summed E-state index contributed by atoms with van der Waals surface area (Å²) in [4.78, 5) is 24.1. The third-order valence-electron chi connectivity index (χ3n) is 7.81. The molecule has 0 aromatic carbocycles. The second-order valence-corrected chi connectivity index (χ2v) is 12.0. The first-order valence-electron chi connectivity index (χ1n) is 17.7. The fourth-order valence-corrected chi connectivity index (χ4v) is 5.06. The summed E-state index contributed by atoms with van der Waals surface area (Å²) >= 11 is 0. The quantitative estimate of drug-likeness (QED) is 0.0487. The number of aliphatic hydroxyl groups excluding tert-OH is 1. The van der Waals surface area contributed by atoms with E-state index in [-0.39, 0.29) is 25.2 Å². The number of hydrogen-bond acceptors (Lipinski definition) is 5. The molecule has 0 heterocycles. The number of esters is 2. The number of unbranched alkanes of at least 4 members (excludes halogenated alkanes) is 22. The van der Waals surface area contributed by atoms with Crippen LogP contribution >= 0.6 is 0 Å². The Hall–Kier alpha value is -1.36. The zero-order valence-electron chi connectivity index (χ0n) is 27.3. The van der Waals surface area contributed by atoms with Gasteiger partial charge in [0, 0.05) is 12.8 Å². The molecule has 0 fully saturated rings. The van der Waals surface area contributed by atoms with Crippen LogP contribution in [0, 0.1) is 0 Å². The number of aliphatic hydroxyl groups is 1. The Morgan fingerprint density at radius 2 is 0.927 bits per heavy atom. The van der Waals surface area contributed by atoms with Gasteiger partial charge in [0.15, 0.2) is 6.10 Å². The molecule has 1 atom stereocenters. The van der Waals surface area contributed by atoms with Gasteiger partial charge in [-0.05, 0) is 32.1 Å². The summed E-state index contributed by atoms with van der Waals surface area (Å²) in [5, 5.41) is 9.50. The maximum absolute atomic E-state index is 12.1. The zero-order valence-corrected chi connectivity index (χ0v) is 27.3. The Morgan fingerprint density at radius 1 is 0.537 bits per heavy atom. The van der Waals surface area contributed by atoms with Gasteiger partial charge in [0.05, 0.1) is 6.61 Å². The molecule has 242 valence electrons. The molecule has 0 rings (SSSR count). The molecule has 0 aromatic heterocycles. The second-order valence-electron chi connectivity index (χ2n) is 12.0. The highest BCUT2D eigenvalue weighted by atomic mass is 16.6. The normalized spacial score (nSPS) is 12.2. The van der Waals surface area contributed by atoms with E-state index in [0.29, 0.717) is 12.8 Å². The van der Waals surface area contributed by atoms with Crippen LogP contribution in [-0.2, 0) is 19.1 Å². The van der Waals surface area contributed by atoms with Gasteiger partial charge in [-0.25, -0.2) is 0 Å². The first kappa shape index (κ1) is 39.6. The number of carbonyl (C=O) groups is 2. The number of allylic oxidation sites excluding steroid dienone is 2. The molecule has 0 aromatic rings. The topological polar surface area (TPSA) is 72.8 Å². The maximum atomic E-state index is 12.1. The lowest BCUT2D eigenvalue weighted by molar-refractivity contribution is -0.161. The van der Waals surface area contributed by atoms with Crippen molar-refractivity contribution in [2.24, 2.45) is 0 Å². The van der Waals surface area contributed by atoms with Gasteiger partial charge in [0.25, 0.3) is 0 Å². The Bertz CT molecular complexity index is 589. The molecule has 0 amide bonds. The van der Waals surface area contributed by atoms with Gasteiger partial charge in [-0.15, -0.1) is 0 Å². The molecule has 5 nitrogen and oxygen atoms in total. The van der Waals surface area contributed by atoms with Crippen molar-refractivity contribution in [3.8, 4) is 0 Å². The molecular weight excluding hydrogens is 512 g/mol. The number of rotatable bonds is 32. The number of hydrogen-bond donors (Lipinski definition) is 1. The number of carbonyl (C=O) groups excluding carboxylic acids is 2. The highest BCUT2D eigenvalue weighted by Crippen LogP contribution is 2.14. The molecule has 5 heteroatoms. The van der Waals surface area contributed by atoms with Gasteiger partial charge >= 0.3 is 11.9 Å². The van der Waals surface area contributed by atoms with E-state index < -0.39 is 6.10 Å². The molecule has 0 bridgehead atoms. The average Bonchev–Trinajstić information content (AvgIpc) is 2.97. The molecule has 0 aliphatic rings. The van der Waals surface area contributed by atoms with Crippen LogP contribution in [0.1, 0.15) is 187 Å². The van der Waals surface area contributed by atoms with E-state index in [4.69, 9.17) is 9.47 Å². The van der Waals surface area contributed by atoms with Crippen molar-refractivity contribution in [2.45, 2.75) is 193 Å². The van der Waals surface area contributed by atoms with Crippen LogP contribution in [0.3, 0.4) is 0 Å². The van der Waals surface area contributed by atoms with Crippen molar-refractivity contribution in [3.63, 3.8) is 0 Å². The highest BCUT2D eigenvalue weighted by Gasteiger charge is 2.16. The van der Waals surface area contributed by atoms with Crippen molar-refractivity contribution in [3.05, 3.63) is 12.2 Å². The predicted octanol–water partition coefficient (Wildman–Crippen LogP) is 10.6. The molecule has 0 aliphatic carbocycles. The molecule has 0 aliphatic heterocycles. The first-order chi connectivity index (χ1) is 20.1. The Morgan fingerprint density at radius 3 is 1.39 bits per heavy atom. The van der Waals surface area contributed by atoms with Crippen molar-refractivity contribution in [1.82, 2.24) is 0 Å². The van der Waals surface area contributed by atoms with E-state index in [9.17, 15) is 14.7 Å². The summed E-state index contributed by atoms with van der Waals surface area (Å²) in [6.07, 6.45) is 35.5. The molecule has 0 unspecified atom stereocenters. The molecule has 0 spiro atoms. The third kappa shape index (κ3) is 31.4. The fraction of sp³-hybridized carbons (Fsp3) is 0.889. The van der Waals surface area contributed by atoms with E-state index in [1.807, 2.05) is 0 Å². The molecule has 0 radical (unpaired) electrons. The Kier molecular flexibility index (Phi) is 32.0. The minimum absolute atomic E-state index is 0.0651. The fourth-order valence-electron chi connectivity index (χ4n) is 5.06. The van der Waals surface area contributed by atoms with E-state index in [0.717, 1.165) is 44.9 Å². The largest absolute Gasteiger partial charge is 0.462 e. The Balaban J connectivity index is 3.53. The van der Waals surface area contributed by atoms with Crippen molar-refractivity contribution in [1.29, 1.82) is 0 Å². The van der Waals surface area contributed by atoms with Crippen molar-refractivity contribution >= 4 is 11.9 Å². The SMILES string of the molecule is CCCC/C=C\CCCCCCCC(=O)OC[C@H](CO)OC(=O)CCCCCCCCCCCCCCCCCC. The van der Waals surface area contributed by atoms with Crippen LogP contribution in [0.4, 0.5) is 0 Å². The van der Waals surface area contributed by atoms with Crippen LogP contribution in [-0.4, -0.2) is 36.4 Å². The first-order valence-corrected chi connectivity index (χ1v) is 17.7. The standard InChI is InChI=1S/C36H68O5/c1-3-5-7-9-11-13-15-16-17-18-19-21-23-25-27-29-31-36(39)41-34(32-37)33-40-35(38)30-28-26-24-22-20-14-12-10-8-6-4-2/h10,12,34,37H,3-9,11,13-33H2,1-2H3/b12-10-/t34-/m0/s1. The van der Waals surface area contributed by atoms with E-state index in [1.165, 1.54) is 116 Å². The summed E-state index contributed by atoms with van der Waals surface area (Å²) in [5.74, 6) is -0.596. The minimum atomic E-state index is -0.766. The average molecular weight is 581 g/mol. The van der Waals surface area contributed by atoms with Gasteiger partial charge in [-0.1, -0.05) is 154 Å². The van der Waals surface area contributed by atoms with Gasteiger partial charge in [0.2, 0.25) is 0 Å². The van der Waals surface area contributed by atoms with E-state index in [2.05, 4.69) is 26.0 Å². The minimum Gasteiger partial charge on any atom is -0.462 e. The van der Waals surface area contributed by atoms with E-state index >= 15 is 0 Å². The van der Waals surface area contributed by atoms with Gasteiger partial charge in [0.1, 0.15) is 6.61 Å². The van der Waals surface area contributed by atoms with Gasteiger partial charge < -0.3 is 14.6 Å². The van der Waals surface area contributed by atoms with Crippen LogP contribution < -0.4 is 0 Å². The lowest BCUT2D eigenvalue weighted by Crippen LogP contribution is -2.28. The van der Waals surface area contributed by atoms with Gasteiger partial charge in [-0.3, -0.25) is 9.59 Å². The van der Waals surface area contributed by atoms with Crippen LogP contribution in [0.25, 0.3) is 0 Å². The lowest BCUT2D eigenvalue weighted by Gasteiger charge is -2.15. The van der Waals surface area contributed by atoms with Crippen LogP contribution in [0.2, 0.25) is 0 Å². The van der Waals surface area contributed by atoms with E-state index in [1.54, 1.807) is 0 Å². The summed E-state index contributed by atoms with van der Waals surface area (Å²) in [7, 11) is 0. The zero-order chi connectivity index (χ0) is 30.1. The molecular formula is C36H68O5. The summed E-state index contributed by atoms with van der Waals surface area (Å²) in [5.41, 5.74) is 0. The van der Waals surface area contributed by atoms with Gasteiger partial charge in [-0.2, -0.15) is 0 Å². The molecule has 0 saturated heterocycles. The second kappa shape index (κ2) is 33.1. The predicted molar refractivity (Wildman–Crippen MR) is 173 cm³/mol. The van der Waals surface area contributed by atoms with Crippen LogP contribution in [0.5, 0.6) is 0 Å². The third-order valence-corrected chi connectivity index (χ3v) is 7.81. The highest BCUT2D eigenvalue weighted by molar-refractivity contribution is 5.70. The Labute approximate surface area is 254 Å². The summed E-state index contributed by atoms with van der Waals surface area (Å²) in [6.45, 7) is 4.09. The van der Waals surface area contributed by atoms with Crippen molar-refractivity contribution < 1.29 is 24.2 Å².